The maximum atomic E-state index is 11.6. The van der Waals surface area contributed by atoms with Crippen molar-refractivity contribution >= 4 is 11.9 Å². The zero-order valence-corrected chi connectivity index (χ0v) is 9.84. The first-order chi connectivity index (χ1) is 7.73. The highest BCUT2D eigenvalue weighted by molar-refractivity contribution is 5.85. The minimum atomic E-state index is -1.30. The molecule has 92 valence electrons. The Morgan fingerprint density at radius 1 is 1.29 bits per heavy atom. The van der Waals surface area contributed by atoms with Crippen LogP contribution >= 0.6 is 0 Å². The van der Waals surface area contributed by atoms with Crippen molar-refractivity contribution in [1.29, 1.82) is 0 Å². The molecule has 0 saturated heterocycles. The lowest BCUT2D eigenvalue weighted by Crippen LogP contribution is -2.28. The summed E-state index contributed by atoms with van der Waals surface area (Å²) in [5, 5.41) is 18.3. The predicted molar refractivity (Wildman–Crippen MR) is 58.6 cm³/mol. The summed E-state index contributed by atoms with van der Waals surface area (Å²) in [6.07, 6.45) is 0. The van der Waals surface area contributed by atoms with Gasteiger partial charge >= 0.3 is 5.97 Å². The third-order valence-corrected chi connectivity index (χ3v) is 2.02. The maximum Gasteiger partial charge on any atom is 0.356 e. The van der Waals surface area contributed by atoms with Crippen molar-refractivity contribution in [1.82, 2.24) is 4.73 Å². The summed E-state index contributed by atoms with van der Waals surface area (Å²) in [6, 6.07) is 3.98. The van der Waals surface area contributed by atoms with E-state index in [2.05, 4.69) is 4.99 Å². The topological polar surface area (TPSA) is 91.9 Å². The Balaban J connectivity index is 3.34. The molecule has 6 nitrogen and oxygen atoms in total. The van der Waals surface area contributed by atoms with Crippen LogP contribution in [0.3, 0.4) is 0 Å². The van der Waals surface area contributed by atoms with Gasteiger partial charge in [0.1, 0.15) is 0 Å². The largest absolute Gasteiger partial charge is 0.476 e. The number of carboxylic acid groups (broad SMARTS) is 1. The smallest absolute Gasteiger partial charge is 0.356 e. The van der Waals surface area contributed by atoms with Crippen LogP contribution in [0.1, 0.15) is 31.3 Å². The fraction of sp³-hybridized carbons (Fsp3) is 0.364. The van der Waals surface area contributed by atoms with E-state index in [-0.39, 0.29) is 11.2 Å². The average molecular weight is 238 g/mol. The molecule has 0 fully saturated rings. The fourth-order valence-corrected chi connectivity index (χ4v) is 1.01. The molecule has 17 heavy (non-hydrogen) atoms. The third-order valence-electron chi connectivity index (χ3n) is 2.02. The normalized spacial score (nSPS) is 12.5. The first-order valence-electron chi connectivity index (χ1n) is 4.97. The first kappa shape index (κ1) is 13.0. The highest BCUT2D eigenvalue weighted by Gasteiger charge is 2.20. The van der Waals surface area contributed by atoms with E-state index in [1.54, 1.807) is 20.8 Å². The monoisotopic (exact) mass is 238 g/mol. The Labute approximate surface area is 97.8 Å². The van der Waals surface area contributed by atoms with Crippen LogP contribution in [0.25, 0.3) is 0 Å². The summed E-state index contributed by atoms with van der Waals surface area (Å²) < 4.78 is 0.381. The molecule has 0 radical (unpaired) electrons. The molecular weight excluding hydrogens is 224 g/mol. The Morgan fingerprint density at radius 2 is 1.88 bits per heavy atom. The molecule has 2 N–H and O–H groups in total. The predicted octanol–water partition coefficient (Wildman–Crippen LogP) is 0.897. The minimum absolute atomic E-state index is 0.107. The van der Waals surface area contributed by atoms with Crippen molar-refractivity contribution < 1.29 is 19.9 Å². The molecule has 1 amide bonds. The molecule has 0 unspecified atom stereocenters. The maximum absolute atomic E-state index is 11.6. The number of hydrogen-bond acceptors (Lipinski definition) is 3. The number of aromatic carboxylic acids is 1. The van der Waals surface area contributed by atoms with E-state index in [1.165, 1.54) is 18.2 Å². The Hall–Kier alpha value is -2.11. The number of hydrogen-bond donors (Lipinski definition) is 2. The summed E-state index contributed by atoms with van der Waals surface area (Å²) in [7, 11) is 0. The van der Waals surface area contributed by atoms with E-state index in [4.69, 9.17) is 5.11 Å². The Kier molecular flexibility index (Phi) is 3.36. The second-order valence-electron chi connectivity index (χ2n) is 4.55. The number of carbonyl (C=O) groups is 2. The molecule has 0 spiro atoms. The second kappa shape index (κ2) is 4.40. The fourth-order valence-electron chi connectivity index (χ4n) is 1.01. The SMILES string of the molecule is CC(C)(C)C(=O)N=c1cccc(C(=O)O)n1O. The van der Waals surface area contributed by atoms with E-state index in [0.717, 1.165) is 0 Å². The van der Waals surface area contributed by atoms with Gasteiger partial charge in [-0.15, -0.1) is 0 Å². The molecule has 0 aliphatic carbocycles. The zero-order chi connectivity index (χ0) is 13.2. The van der Waals surface area contributed by atoms with Gasteiger partial charge in [-0.05, 0) is 12.1 Å². The van der Waals surface area contributed by atoms with Gasteiger partial charge in [-0.25, -0.2) is 4.79 Å². The van der Waals surface area contributed by atoms with Crippen LogP contribution in [0.2, 0.25) is 0 Å². The lowest BCUT2D eigenvalue weighted by molar-refractivity contribution is -0.125. The summed E-state index contributed by atoms with van der Waals surface area (Å²) in [6.45, 7) is 5.05. The van der Waals surface area contributed by atoms with E-state index in [9.17, 15) is 14.8 Å². The quantitative estimate of drug-likeness (QED) is 0.711. The number of carbonyl (C=O) groups excluding carboxylic acids is 1. The highest BCUT2D eigenvalue weighted by Crippen LogP contribution is 2.14. The van der Waals surface area contributed by atoms with Gasteiger partial charge in [0.25, 0.3) is 5.91 Å². The molecule has 0 bridgehead atoms. The molecule has 1 aromatic heterocycles. The number of pyridine rings is 1. The van der Waals surface area contributed by atoms with E-state index in [1.807, 2.05) is 0 Å². The van der Waals surface area contributed by atoms with Gasteiger partial charge in [0.15, 0.2) is 11.2 Å². The number of amides is 1. The Bertz CT molecular complexity index is 523. The summed E-state index contributed by atoms with van der Waals surface area (Å²) in [4.78, 5) is 26.1. The second-order valence-corrected chi connectivity index (χ2v) is 4.55. The number of nitrogens with zero attached hydrogens (tertiary/aromatic N) is 2. The zero-order valence-electron chi connectivity index (χ0n) is 9.84. The van der Waals surface area contributed by atoms with Crippen LogP contribution in [-0.2, 0) is 4.79 Å². The van der Waals surface area contributed by atoms with Crippen LogP contribution in [0, 0.1) is 5.41 Å². The van der Waals surface area contributed by atoms with Gasteiger partial charge in [-0.2, -0.15) is 9.72 Å². The van der Waals surface area contributed by atoms with Crippen LogP contribution < -0.4 is 5.49 Å². The van der Waals surface area contributed by atoms with E-state index in [0.29, 0.717) is 4.73 Å². The molecular formula is C11H14N2O4. The molecule has 0 aliphatic rings. The summed E-state index contributed by atoms with van der Waals surface area (Å²) in [5.41, 5.74) is -1.15. The number of rotatable bonds is 1. The molecule has 1 heterocycles. The van der Waals surface area contributed by atoms with Crippen LogP contribution in [0.15, 0.2) is 23.2 Å². The van der Waals surface area contributed by atoms with Crippen molar-refractivity contribution in [2.75, 3.05) is 0 Å². The van der Waals surface area contributed by atoms with E-state index < -0.39 is 17.3 Å². The van der Waals surface area contributed by atoms with Gasteiger partial charge in [0.2, 0.25) is 0 Å². The van der Waals surface area contributed by atoms with Crippen molar-refractivity contribution in [2.24, 2.45) is 10.4 Å². The molecule has 1 rings (SSSR count). The van der Waals surface area contributed by atoms with Crippen molar-refractivity contribution in [3.63, 3.8) is 0 Å². The number of aromatic nitrogens is 1. The standard InChI is InChI=1S/C11H14N2O4/c1-11(2,3)10(16)12-8-6-4-5-7(9(14)15)13(8)17/h4-6,17H,1-3H3,(H,14,15). The first-order valence-corrected chi connectivity index (χ1v) is 4.97. The van der Waals surface area contributed by atoms with Gasteiger partial charge in [-0.3, -0.25) is 4.79 Å². The highest BCUT2D eigenvalue weighted by atomic mass is 16.5. The Morgan fingerprint density at radius 3 is 2.35 bits per heavy atom. The molecule has 0 aliphatic heterocycles. The molecule has 0 atom stereocenters. The van der Waals surface area contributed by atoms with Crippen molar-refractivity contribution in [3.8, 4) is 0 Å². The minimum Gasteiger partial charge on any atom is -0.476 e. The molecule has 0 saturated carbocycles. The van der Waals surface area contributed by atoms with Gasteiger partial charge in [0, 0.05) is 5.41 Å². The van der Waals surface area contributed by atoms with Gasteiger partial charge in [0.05, 0.1) is 0 Å². The van der Waals surface area contributed by atoms with E-state index >= 15 is 0 Å². The lowest BCUT2D eigenvalue weighted by Gasteiger charge is -2.12. The lowest BCUT2D eigenvalue weighted by atomic mass is 9.96. The van der Waals surface area contributed by atoms with Crippen LogP contribution in [-0.4, -0.2) is 26.9 Å². The number of carboxylic acids is 1. The summed E-state index contributed by atoms with van der Waals surface area (Å²) in [5.74, 6) is -1.74. The van der Waals surface area contributed by atoms with Gasteiger partial charge < -0.3 is 10.3 Å². The molecule has 0 aromatic carbocycles. The third kappa shape index (κ3) is 2.93. The van der Waals surface area contributed by atoms with Crippen LogP contribution in [0.4, 0.5) is 0 Å². The van der Waals surface area contributed by atoms with Crippen molar-refractivity contribution in [3.05, 3.63) is 29.4 Å². The average Bonchev–Trinajstić information content (AvgIpc) is 2.19. The van der Waals surface area contributed by atoms with Gasteiger partial charge in [-0.1, -0.05) is 26.8 Å². The molecule has 1 aromatic rings. The molecule has 6 heteroatoms. The van der Waals surface area contributed by atoms with Crippen LogP contribution in [0.5, 0.6) is 0 Å². The van der Waals surface area contributed by atoms with Crippen molar-refractivity contribution in [2.45, 2.75) is 20.8 Å². The summed E-state index contributed by atoms with van der Waals surface area (Å²) >= 11 is 0.